The Balaban J connectivity index is 3.18. The molecule has 0 saturated heterocycles. The van der Waals surface area contributed by atoms with E-state index in [9.17, 15) is 4.79 Å². The largest absolute Gasteiger partial charge is 0.463 e. The van der Waals surface area contributed by atoms with Gasteiger partial charge in [-0.1, -0.05) is 23.2 Å². The molecule has 92 valence electrons. The summed E-state index contributed by atoms with van der Waals surface area (Å²) in [6.45, 7) is 6.88. The highest BCUT2D eigenvalue weighted by Gasteiger charge is 2.23. The summed E-state index contributed by atoms with van der Waals surface area (Å²) in [6.07, 6.45) is 1.40. The molecule has 0 atom stereocenters. The second-order valence-electron chi connectivity index (χ2n) is 3.02. The number of carbonyl (C=O) groups is 1. The number of esters is 1. The topological polar surface area (TPSA) is 54.3 Å². The Morgan fingerprint density at radius 3 is 2.82 bits per heavy atom. The van der Waals surface area contributed by atoms with Gasteiger partial charge in [0, 0.05) is 12.8 Å². The van der Waals surface area contributed by atoms with E-state index in [1.165, 1.54) is 11.1 Å². The maximum atomic E-state index is 11.6. The number of hydrazone groups is 1. The smallest absolute Gasteiger partial charge is 0.337 e. The van der Waals surface area contributed by atoms with Crippen molar-refractivity contribution >= 4 is 41.1 Å². The van der Waals surface area contributed by atoms with Crippen LogP contribution in [0.5, 0.6) is 0 Å². The van der Waals surface area contributed by atoms with Gasteiger partial charge in [-0.15, -0.1) is 0 Å². The van der Waals surface area contributed by atoms with E-state index >= 15 is 0 Å². The monoisotopic (exact) mass is 275 g/mol. The number of hydrogen-bond donors (Lipinski definition) is 0. The molecule has 1 heterocycles. The maximum absolute atomic E-state index is 11.6. The molecule has 0 unspecified atom stereocenters. The molecule has 0 aromatic carbocycles. The standard InChI is InChI=1S/C10H11Cl2N3O2/c1-4-17-10(16)6(2)9-14-7(11)5-8(12)15(9)13-3/h5H,3-4H2,1-2H3/b9-6+. The van der Waals surface area contributed by atoms with E-state index in [0.717, 1.165) is 0 Å². The zero-order valence-corrected chi connectivity index (χ0v) is 10.9. The SMILES string of the molecule is C=NN1C(Cl)=CC(Cl)=N/C1=C(/C)C(=O)OCC. The molecule has 0 aliphatic carbocycles. The Labute approximate surface area is 109 Å². The van der Waals surface area contributed by atoms with Crippen molar-refractivity contribution in [3.05, 3.63) is 22.6 Å². The summed E-state index contributed by atoms with van der Waals surface area (Å²) < 4.78 is 4.86. The summed E-state index contributed by atoms with van der Waals surface area (Å²) in [5, 5.41) is 5.24. The van der Waals surface area contributed by atoms with Gasteiger partial charge in [-0.05, 0) is 13.8 Å². The van der Waals surface area contributed by atoms with Gasteiger partial charge in [-0.25, -0.2) is 14.8 Å². The number of rotatable bonds is 3. The van der Waals surface area contributed by atoms with Crippen LogP contribution in [0.2, 0.25) is 0 Å². The van der Waals surface area contributed by atoms with Gasteiger partial charge in [0.15, 0.2) is 5.82 Å². The van der Waals surface area contributed by atoms with Gasteiger partial charge in [0.05, 0.1) is 12.2 Å². The van der Waals surface area contributed by atoms with Crippen LogP contribution in [-0.4, -0.2) is 29.5 Å². The molecular weight excluding hydrogens is 265 g/mol. The fraction of sp³-hybridized carbons (Fsp3) is 0.300. The zero-order chi connectivity index (χ0) is 13.0. The molecule has 0 N–H and O–H groups in total. The number of nitrogens with zero attached hydrogens (tertiary/aromatic N) is 3. The lowest BCUT2D eigenvalue weighted by Gasteiger charge is -2.22. The lowest BCUT2D eigenvalue weighted by atomic mass is 10.3. The van der Waals surface area contributed by atoms with Crippen LogP contribution in [0.1, 0.15) is 13.8 Å². The normalized spacial score (nSPS) is 18.2. The van der Waals surface area contributed by atoms with Crippen LogP contribution < -0.4 is 0 Å². The Morgan fingerprint density at radius 2 is 2.29 bits per heavy atom. The minimum atomic E-state index is -0.504. The minimum Gasteiger partial charge on any atom is -0.463 e. The van der Waals surface area contributed by atoms with Crippen LogP contribution in [0.25, 0.3) is 0 Å². The molecule has 17 heavy (non-hydrogen) atoms. The molecule has 0 aromatic rings. The molecule has 0 fully saturated rings. The predicted molar refractivity (Wildman–Crippen MR) is 67.9 cm³/mol. The first-order valence-electron chi connectivity index (χ1n) is 4.77. The van der Waals surface area contributed by atoms with Crippen LogP contribution in [0.3, 0.4) is 0 Å². The average molecular weight is 276 g/mol. The summed E-state index contributed by atoms with van der Waals surface area (Å²) in [7, 11) is 0. The third-order valence-electron chi connectivity index (χ3n) is 1.91. The van der Waals surface area contributed by atoms with E-state index in [2.05, 4.69) is 16.8 Å². The highest BCUT2D eigenvalue weighted by molar-refractivity contribution is 6.69. The molecule has 7 heteroatoms. The van der Waals surface area contributed by atoms with Crippen molar-refractivity contribution in [1.29, 1.82) is 0 Å². The molecule has 0 radical (unpaired) electrons. The Bertz CT molecular complexity index is 441. The average Bonchev–Trinajstić information content (AvgIpc) is 2.27. The van der Waals surface area contributed by atoms with E-state index < -0.39 is 5.97 Å². The van der Waals surface area contributed by atoms with Gasteiger partial charge in [-0.2, -0.15) is 5.10 Å². The van der Waals surface area contributed by atoms with Crippen molar-refractivity contribution in [3.8, 4) is 0 Å². The van der Waals surface area contributed by atoms with E-state index in [0.29, 0.717) is 0 Å². The van der Waals surface area contributed by atoms with Crippen molar-refractivity contribution in [2.75, 3.05) is 6.61 Å². The number of carbonyl (C=O) groups excluding carboxylic acids is 1. The number of aliphatic imine (C=N–C) groups is 1. The van der Waals surface area contributed by atoms with Crippen molar-refractivity contribution in [2.24, 2.45) is 10.1 Å². The van der Waals surface area contributed by atoms with Crippen molar-refractivity contribution in [2.45, 2.75) is 13.8 Å². The summed E-state index contributed by atoms with van der Waals surface area (Å²) in [4.78, 5) is 15.6. The Morgan fingerprint density at radius 1 is 1.65 bits per heavy atom. The molecule has 0 aromatic heterocycles. The molecule has 0 spiro atoms. The van der Waals surface area contributed by atoms with E-state index in [4.69, 9.17) is 27.9 Å². The Hall–Kier alpha value is -1.33. The molecule has 5 nitrogen and oxygen atoms in total. The highest BCUT2D eigenvalue weighted by atomic mass is 35.5. The van der Waals surface area contributed by atoms with Crippen LogP contribution in [0.15, 0.2) is 32.7 Å². The number of halogens is 2. The van der Waals surface area contributed by atoms with Gasteiger partial charge >= 0.3 is 5.97 Å². The van der Waals surface area contributed by atoms with Gasteiger partial charge in [0.25, 0.3) is 0 Å². The van der Waals surface area contributed by atoms with E-state index in [1.54, 1.807) is 13.8 Å². The highest BCUT2D eigenvalue weighted by Crippen LogP contribution is 2.26. The van der Waals surface area contributed by atoms with Crippen LogP contribution in [0, 0.1) is 0 Å². The van der Waals surface area contributed by atoms with E-state index in [-0.39, 0.29) is 28.3 Å². The molecule has 1 aliphatic rings. The third-order valence-corrected chi connectivity index (χ3v) is 2.38. The Kier molecular flexibility index (Phi) is 4.72. The van der Waals surface area contributed by atoms with Crippen molar-refractivity contribution < 1.29 is 9.53 Å². The van der Waals surface area contributed by atoms with Crippen molar-refractivity contribution in [1.82, 2.24) is 5.01 Å². The molecule has 0 saturated carbocycles. The first kappa shape index (κ1) is 13.7. The first-order chi connectivity index (χ1) is 8.01. The van der Waals surface area contributed by atoms with Crippen LogP contribution in [0.4, 0.5) is 0 Å². The molecule has 0 bridgehead atoms. The minimum absolute atomic E-state index is 0.161. The summed E-state index contributed by atoms with van der Waals surface area (Å²) >= 11 is 11.7. The quantitative estimate of drug-likeness (QED) is 0.344. The van der Waals surface area contributed by atoms with Gasteiger partial charge in [0.1, 0.15) is 10.3 Å². The molecular formula is C10H11Cl2N3O2. The lowest BCUT2D eigenvalue weighted by molar-refractivity contribution is -0.138. The number of allylic oxidation sites excluding steroid dienone is 1. The molecule has 0 amide bonds. The fourth-order valence-electron chi connectivity index (χ4n) is 1.15. The maximum Gasteiger partial charge on any atom is 0.337 e. The first-order valence-corrected chi connectivity index (χ1v) is 5.53. The van der Waals surface area contributed by atoms with E-state index in [1.807, 2.05) is 0 Å². The van der Waals surface area contributed by atoms with Gasteiger partial charge in [-0.3, -0.25) is 0 Å². The summed E-state index contributed by atoms with van der Waals surface area (Å²) in [5.74, 6) is -0.299. The lowest BCUT2D eigenvalue weighted by Crippen LogP contribution is -2.21. The summed E-state index contributed by atoms with van der Waals surface area (Å²) in [5.41, 5.74) is 0.253. The molecule has 1 rings (SSSR count). The second-order valence-corrected chi connectivity index (χ2v) is 3.80. The predicted octanol–water partition coefficient (Wildman–Crippen LogP) is 2.43. The molecule has 1 aliphatic heterocycles. The summed E-state index contributed by atoms with van der Waals surface area (Å²) in [6, 6.07) is 0. The van der Waals surface area contributed by atoms with Crippen LogP contribution >= 0.6 is 23.2 Å². The van der Waals surface area contributed by atoms with Crippen molar-refractivity contribution in [3.63, 3.8) is 0 Å². The second kappa shape index (κ2) is 5.84. The number of ether oxygens (including phenoxy) is 1. The van der Waals surface area contributed by atoms with Gasteiger partial charge in [0.2, 0.25) is 0 Å². The van der Waals surface area contributed by atoms with Gasteiger partial charge < -0.3 is 4.74 Å². The zero-order valence-electron chi connectivity index (χ0n) is 9.41. The number of hydrogen-bond acceptors (Lipinski definition) is 5. The third kappa shape index (κ3) is 3.08. The fourth-order valence-corrected chi connectivity index (χ4v) is 1.63. The van der Waals surface area contributed by atoms with Crippen LogP contribution in [-0.2, 0) is 9.53 Å².